The number of nitrogens with one attached hydrogen (secondary N) is 2. The molecule has 9 nitrogen and oxygen atoms in total. The monoisotopic (exact) mass is 437 g/mol. The molecule has 4 aromatic rings. The van der Waals surface area contributed by atoms with Crippen LogP contribution in [-0.2, 0) is 0 Å². The lowest BCUT2D eigenvalue weighted by molar-refractivity contribution is 0.0448. The molecule has 0 aromatic carbocycles. The number of hydrogen-bond donors (Lipinski definition) is 3. The maximum Gasteiger partial charge on any atom is 0.257 e. The van der Waals surface area contributed by atoms with Gasteiger partial charge in [0.05, 0.1) is 30.2 Å². The smallest absolute Gasteiger partial charge is 0.257 e. The van der Waals surface area contributed by atoms with Crippen LogP contribution in [0.25, 0.3) is 27.9 Å². The van der Waals surface area contributed by atoms with E-state index < -0.39 is 11.9 Å². The van der Waals surface area contributed by atoms with Crippen molar-refractivity contribution < 1.29 is 14.3 Å². The van der Waals surface area contributed by atoms with Gasteiger partial charge in [0.25, 0.3) is 5.91 Å². The first kappa shape index (κ1) is 20.4. The Balaban J connectivity index is 1.67. The first-order valence-electron chi connectivity index (χ1n) is 10.6. The summed E-state index contributed by atoms with van der Waals surface area (Å²) in [6.07, 6.45) is 5.46. The molecule has 1 fully saturated rings. The van der Waals surface area contributed by atoms with Crippen molar-refractivity contribution in [3.63, 3.8) is 0 Å². The van der Waals surface area contributed by atoms with Crippen LogP contribution in [0, 0.1) is 5.82 Å². The number of aliphatic hydroxyl groups excluding tert-OH is 1. The largest absolute Gasteiger partial charge is 0.391 e. The second-order valence-electron chi connectivity index (χ2n) is 8.36. The fourth-order valence-electron chi connectivity index (χ4n) is 4.04. The zero-order chi connectivity index (χ0) is 22.6. The van der Waals surface area contributed by atoms with Gasteiger partial charge in [-0.05, 0) is 32.8 Å². The molecule has 0 aliphatic heterocycles. The van der Waals surface area contributed by atoms with Crippen LogP contribution >= 0.6 is 0 Å². The fourth-order valence-corrected chi connectivity index (χ4v) is 4.04. The Hall–Kier alpha value is -3.53. The SMILES string of the molecule is CNc1cc(-c2cn(C(C)C)c3ncc(F)cc23)nc2c(C(=O)NC3CC[C@@H]3O)cnn12. The Labute approximate surface area is 183 Å². The highest BCUT2D eigenvalue weighted by Gasteiger charge is 2.31. The minimum absolute atomic E-state index is 0.113. The molecule has 1 aliphatic carbocycles. The van der Waals surface area contributed by atoms with Gasteiger partial charge in [0.2, 0.25) is 0 Å². The van der Waals surface area contributed by atoms with Gasteiger partial charge in [0.1, 0.15) is 22.8 Å². The van der Waals surface area contributed by atoms with E-state index in [0.29, 0.717) is 45.7 Å². The summed E-state index contributed by atoms with van der Waals surface area (Å²) in [4.78, 5) is 21.9. The second-order valence-corrected chi connectivity index (χ2v) is 8.36. The molecule has 3 N–H and O–H groups in total. The number of fused-ring (bicyclic) bond motifs is 2. The average Bonchev–Trinajstić information content (AvgIpc) is 3.37. The lowest BCUT2D eigenvalue weighted by atomic mass is 9.89. The third-order valence-corrected chi connectivity index (χ3v) is 6.00. The highest BCUT2D eigenvalue weighted by molar-refractivity contribution is 6.01. The lowest BCUT2D eigenvalue weighted by Crippen LogP contribution is -2.50. The Morgan fingerprint density at radius 3 is 2.72 bits per heavy atom. The molecule has 4 aromatic heterocycles. The van der Waals surface area contributed by atoms with Crippen molar-refractivity contribution in [3.8, 4) is 11.3 Å². The highest BCUT2D eigenvalue weighted by atomic mass is 19.1. The topological polar surface area (TPSA) is 109 Å². The van der Waals surface area contributed by atoms with Crippen LogP contribution in [0.3, 0.4) is 0 Å². The number of anilines is 1. The van der Waals surface area contributed by atoms with Gasteiger partial charge < -0.3 is 20.3 Å². The molecule has 1 aliphatic rings. The van der Waals surface area contributed by atoms with E-state index in [-0.39, 0.29) is 18.0 Å². The van der Waals surface area contributed by atoms with E-state index >= 15 is 0 Å². The summed E-state index contributed by atoms with van der Waals surface area (Å²) in [5.41, 5.74) is 2.61. The fraction of sp³-hybridized carbons (Fsp3) is 0.364. The zero-order valence-electron chi connectivity index (χ0n) is 18.0. The number of hydrogen-bond acceptors (Lipinski definition) is 6. The van der Waals surface area contributed by atoms with Gasteiger partial charge in [0, 0.05) is 36.3 Å². The molecule has 10 heteroatoms. The molecular formula is C22H24FN7O2. The van der Waals surface area contributed by atoms with Gasteiger partial charge in [0.15, 0.2) is 5.65 Å². The maximum atomic E-state index is 14.1. The number of carbonyl (C=O) groups is 1. The van der Waals surface area contributed by atoms with E-state index in [4.69, 9.17) is 4.98 Å². The minimum atomic E-state index is -0.526. The van der Waals surface area contributed by atoms with E-state index in [1.54, 1.807) is 11.6 Å². The van der Waals surface area contributed by atoms with Crippen LogP contribution in [-0.4, -0.2) is 54.4 Å². The predicted molar refractivity (Wildman–Crippen MR) is 118 cm³/mol. The van der Waals surface area contributed by atoms with Gasteiger partial charge >= 0.3 is 0 Å². The molecule has 1 unspecified atom stereocenters. The van der Waals surface area contributed by atoms with E-state index in [1.807, 2.05) is 30.7 Å². The minimum Gasteiger partial charge on any atom is -0.391 e. The van der Waals surface area contributed by atoms with Crippen molar-refractivity contribution in [2.75, 3.05) is 12.4 Å². The van der Waals surface area contributed by atoms with E-state index in [9.17, 15) is 14.3 Å². The standard InChI is InChI=1S/C22H24FN7O2/c1-11(2)29-10-15(13-6-12(23)8-25-20(13)29)17-7-19(24-3)30-21(27-17)14(9-26-30)22(32)28-16-4-5-18(16)31/h6-11,16,18,24,31H,4-5H2,1-3H3,(H,28,32)/t16?,18-/m0/s1. The summed E-state index contributed by atoms with van der Waals surface area (Å²) < 4.78 is 17.6. The third kappa shape index (κ3) is 3.18. The van der Waals surface area contributed by atoms with Crippen LogP contribution in [0.1, 0.15) is 43.1 Å². The summed E-state index contributed by atoms with van der Waals surface area (Å²) in [5, 5.41) is 20.7. The highest BCUT2D eigenvalue weighted by Crippen LogP contribution is 2.33. The van der Waals surface area contributed by atoms with Gasteiger partial charge in [-0.1, -0.05) is 0 Å². The van der Waals surface area contributed by atoms with Crippen molar-refractivity contribution >= 4 is 28.4 Å². The van der Waals surface area contributed by atoms with E-state index in [0.717, 1.165) is 6.42 Å². The third-order valence-electron chi connectivity index (χ3n) is 6.00. The lowest BCUT2D eigenvalue weighted by Gasteiger charge is -2.32. The van der Waals surface area contributed by atoms with Crippen molar-refractivity contribution in [2.24, 2.45) is 0 Å². The van der Waals surface area contributed by atoms with Crippen molar-refractivity contribution in [1.82, 2.24) is 29.5 Å². The second kappa shape index (κ2) is 7.56. The van der Waals surface area contributed by atoms with Gasteiger partial charge in [-0.25, -0.2) is 14.4 Å². The van der Waals surface area contributed by atoms with Crippen LogP contribution < -0.4 is 10.6 Å². The Kier molecular flexibility index (Phi) is 4.81. The molecule has 1 amide bonds. The van der Waals surface area contributed by atoms with Crippen LogP contribution in [0.15, 0.2) is 30.7 Å². The molecule has 1 saturated carbocycles. The zero-order valence-corrected chi connectivity index (χ0v) is 18.0. The van der Waals surface area contributed by atoms with Crippen molar-refractivity contribution in [2.45, 2.75) is 44.9 Å². The molecule has 5 rings (SSSR count). The number of aliphatic hydroxyl groups is 1. The normalized spacial score (nSPS) is 18.3. The molecule has 0 bridgehead atoms. The number of nitrogens with zero attached hydrogens (tertiary/aromatic N) is 5. The Morgan fingerprint density at radius 2 is 2.06 bits per heavy atom. The molecule has 32 heavy (non-hydrogen) atoms. The summed E-state index contributed by atoms with van der Waals surface area (Å²) in [7, 11) is 1.75. The molecule has 0 spiro atoms. The number of amides is 1. The van der Waals surface area contributed by atoms with Gasteiger partial charge in [-0.3, -0.25) is 4.79 Å². The predicted octanol–water partition coefficient (Wildman–Crippen LogP) is 2.76. The first-order chi connectivity index (χ1) is 15.4. The summed E-state index contributed by atoms with van der Waals surface area (Å²) in [6.45, 7) is 4.05. The number of rotatable bonds is 5. The van der Waals surface area contributed by atoms with Gasteiger partial charge in [-0.15, -0.1) is 0 Å². The average molecular weight is 437 g/mol. The van der Waals surface area contributed by atoms with Crippen molar-refractivity contribution in [1.29, 1.82) is 0 Å². The van der Waals surface area contributed by atoms with E-state index in [2.05, 4.69) is 20.7 Å². The first-order valence-corrected chi connectivity index (χ1v) is 10.6. The molecular weight excluding hydrogens is 413 g/mol. The number of carbonyl (C=O) groups excluding carboxylic acids is 1. The Morgan fingerprint density at radius 1 is 1.25 bits per heavy atom. The van der Waals surface area contributed by atoms with Crippen molar-refractivity contribution in [3.05, 3.63) is 42.1 Å². The molecule has 0 saturated heterocycles. The summed E-state index contributed by atoms with van der Waals surface area (Å²) in [6, 6.07) is 3.11. The van der Waals surface area contributed by atoms with Gasteiger partial charge in [-0.2, -0.15) is 9.61 Å². The molecule has 166 valence electrons. The van der Waals surface area contributed by atoms with Crippen LogP contribution in [0.2, 0.25) is 0 Å². The molecule has 4 heterocycles. The quantitative estimate of drug-likeness (QED) is 0.443. The maximum absolute atomic E-state index is 14.1. The van der Waals surface area contributed by atoms with E-state index in [1.165, 1.54) is 18.5 Å². The summed E-state index contributed by atoms with van der Waals surface area (Å²) >= 11 is 0. The number of halogens is 1. The summed E-state index contributed by atoms with van der Waals surface area (Å²) in [5.74, 6) is -0.144. The Bertz CT molecular complexity index is 1340. The molecule has 2 atom stereocenters. The number of pyridine rings is 1. The van der Waals surface area contributed by atoms with Crippen LogP contribution in [0.4, 0.5) is 10.2 Å². The molecule has 0 radical (unpaired) electrons. The number of aromatic nitrogens is 5. The van der Waals surface area contributed by atoms with Crippen LogP contribution in [0.5, 0.6) is 0 Å².